The normalized spacial score (nSPS) is 11.3. The number of quaternary nitrogens is 1. The van der Waals surface area contributed by atoms with Gasteiger partial charge in [0.1, 0.15) is 0 Å². The molecule has 0 aliphatic carbocycles. The fraction of sp³-hybridized carbons (Fsp3) is 0.357. The summed E-state index contributed by atoms with van der Waals surface area (Å²) < 4.78 is 2.03. The highest BCUT2D eigenvalue weighted by Crippen LogP contribution is 2.26. The molecule has 0 saturated heterocycles. The minimum Gasteiger partial charge on any atom is -1.00 e. The van der Waals surface area contributed by atoms with Crippen molar-refractivity contribution in [3.63, 3.8) is 0 Å². The van der Waals surface area contributed by atoms with E-state index < -0.39 is 0 Å². The first-order valence-corrected chi connectivity index (χ1v) is 6.59. The molecular formula is C14H18INOS. The quantitative estimate of drug-likeness (QED) is 0.424. The second kappa shape index (κ2) is 6.12. The smallest absolute Gasteiger partial charge is 0.178 e. The van der Waals surface area contributed by atoms with Gasteiger partial charge in [-0.1, -0.05) is 18.2 Å². The summed E-state index contributed by atoms with van der Waals surface area (Å²) in [6.45, 7) is 0.882. The maximum Gasteiger partial charge on any atom is 0.178 e. The van der Waals surface area contributed by atoms with Crippen molar-refractivity contribution in [3.05, 3.63) is 35.2 Å². The van der Waals surface area contributed by atoms with Gasteiger partial charge in [-0.2, -0.15) is 0 Å². The molecule has 4 heteroatoms. The van der Waals surface area contributed by atoms with Crippen molar-refractivity contribution in [3.8, 4) is 0 Å². The SMILES string of the molecule is C[N+](C)(C)CCC(=O)c1cc2ccccc2s1.[I-]. The van der Waals surface area contributed by atoms with E-state index in [1.807, 2.05) is 18.2 Å². The van der Waals surface area contributed by atoms with E-state index >= 15 is 0 Å². The number of Topliss-reactive ketones (excluding diaryl/α,β-unsaturated/α-hetero) is 1. The number of rotatable bonds is 4. The van der Waals surface area contributed by atoms with Gasteiger partial charge in [-0.25, -0.2) is 0 Å². The third kappa shape index (κ3) is 4.03. The lowest BCUT2D eigenvalue weighted by atomic mass is 10.2. The minimum absolute atomic E-state index is 0. The number of halogens is 1. The lowest BCUT2D eigenvalue weighted by Gasteiger charge is -2.23. The average Bonchev–Trinajstić information content (AvgIpc) is 2.68. The number of hydrogen-bond acceptors (Lipinski definition) is 2. The van der Waals surface area contributed by atoms with Crippen LogP contribution in [0.25, 0.3) is 10.1 Å². The lowest BCUT2D eigenvalue weighted by molar-refractivity contribution is -0.869. The van der Waals surface area contributed by atoms with Crippen molar-refractivity contribution < 1.29 is 33.3 Å². The lowest BCUT2D eigenvalue weighted by Crippen LogP contribution is -3.00. The van der Waals surface area contributed by atoms with E-state index in [0.29, 0.717) is 6.42 Å². The van der Waals surface area contributed by atoms with Crippen molar-refractivity contribution in [2.45, 2.75) is 6.42 Å². The number of carbonyl (C=O) groups is 1. The summed E-state index contributed by atoms with van der Waals surface area (Å²) in [5, 5.41) is 1.17. The zero-order valence-corrected chi connectivity index (χ0v) is 13.9. The van der Waals surface area contributed by atoms with Crippen LogP contribution < -0.4 is 24.0 Å². The second-order valence-corrected chi connectivity index (χ2v) is 6.42. The Morgan fingerprint density at radius 1 is 1.22 bits per heavy atom. The van der Waals surface area contributed by atoms with Crippen LogP contribution in [0.15, 0.2) is 30.3 Å². The van der Waals surface area contributed by atoms with Crippen LogP contribution in [0.3, 0.4) is 0 Å². The Morgan fingerprint density at radius 2 is 1.89 bits per heavy atom. The maximum absolute atomic E-state index is 12.1. The number of carbonyl (C=O) groups excluding carboxylic acids is 1. The molecule has 0 N–H and O–H groups in total. The maximum atomic E-state index is 12.1. The Kier molecular flexibility index (Phi) is 5.31. The van der Waals surface area contributed by atoms with E-state index in [4.69, 9.17) is 0 Å². The van der Waals surface area contributed by atoms with E-state index in [9.17, 15) is 4.79 Å². The molecule has 0 aliphatic heterocycles. The van der Waals surface area contributed by atoms with Gasteiger partial charge in [0, 0.05) is 4.70 Å². The Balaban J connectivity index is 0.00000162. The largest absolute Gasteiger partial charge is 1.00 e. The summed E-state index contributed by atoms with van der Waals surface area (Å²) in [5.41, 5.74) is 0. The van der Waals surface area contributed by atoms with Crippen LogP contribution >= 0.6 is 11.3 Å². The van der Waals surface area contributed by atoms with E-state index in [2.05, 4.69) is 33.3 Å². The number of hydrogen-bond donors (Lipinski definition) is 0. The predicted molar refractivity (Wildman–Crippen MR) is 73.7 cm³/mol. The molecule has 0 aliphatic rings. The molecule has 0 spiro atoms. The van der Waals surface area contributed by atoms with E-state index in [1.54, 1.807) is 11.3 Å². The molecule has 2 aromatic rings. The molecule has 0 amide bonds. The van der Waals surface area contributed by atoms with Gasteiger partial charge in [-0.15, -0.1) is 11.3 Å². The van der Waals surface area contributed by atoms with Crippen LogP contribution in [0.1, 0.15) is 16.1 Å². The van der Waals surface area contributed by atoms with Gasteiger partial charge < -0.3 is 28.5 Å². The Bertz CT molecular complexity index is 509. The molecular weight excluding hydrogens is 357 g/mol. The molecule has 1 heterocycles. The fourth-order valence-electron chi connectivity index (χ4n) is 1.68. The Hall–Kier alpha value is -0.460. The molecule has 0 atom stereocenters. The first-order valence-electron chi connectivity index (χ1n) is 5.78. The van der Waals surface area contributed by atoms with Gasteiger partial charge in [0.05, 0.1) is 39.0 Å². The summed E-state index contributed by atoms with van der Waals surface area (Å²) in [6.07, 6.45) is 0.621. The summed E-state index contributed by atoms with van der Waals surface area (Å²) in [4.78, 5) is 12.9. The monoisotopic (exact) mass is 375 g/mol. The van der Waals surface area contributed by atoms with Crippen molar-refractivity contribution in [1.29, 1.82) is 0 Å². The van der Waals surface area contributed by atoms with Gasteiger partial charge in [0.15, 0.2) is 5.78 Å². The molecule has 0 unspecified atom stereocenters. The molecule has 1 aromatic heterocycles. The summed E-state index contributed by atoms with van der Waals surface area (Å²) in [6, 6.07) is 10.2. The molecule has 2 rings (SSSR count). The molecule has 0 fully saturated rings. The molecule has 1 aromatic carbocycles. The standard InChI is InChI=1S/C14H18NOS.HI/c1-15(2,3)9-8-12(16)14-10-11-6-4-5-7-13(11)17-14;/h4-7,10H,8-9H2,1-3H3;1H/q+1;/p-1. The number of benzene rings is 1. The van der Waals surface area contributed by atoms with Crippen molar-refractivity contribution in [2.75, 3.05) is 27.7 Å². The van der Waals surface area contributed by atoms with Crippen molar-refractivity contribution >= 4 is 27.2 Å². The van der Waals surface area contributed by atoms with E-state index in [0.717, 1.165) is 15.9 Å². The van der Waals surface area contributed by atoms with Crippen LogP contribution in [-0.4, -0.2) is 38.0 Å². The van der Waals surface area contributed by atoms with Crippen LogP contribution in [-0.2, 0) is 0 Å². The van der Waals surface area contributed by atoms with E-state index in [1.165, 1.54) is 10.1 Å². The predicted octanol–water partition coefficient (Wildman–Crippen LogP) is 0.184. The molecule has 0 bridgehead atoms. The molecule has 98 valence electrons. The third-order valence-electron chi connectivity index (χ3n) is 2.71. The Morgan fingerprint density at radius 3 is 2.50 bits per heavy atom. The number of thiophene rings is 1. The fourth-order valence-corrected chi connectivity index (χ4v) is 2.71. The number of ketones is 1. The summed E-state index contributed by atoms with van der Waals surface area (Å²) in [7, 11) is 6.33. The summed E-state index contributed by atoms with van der Waals surface area (Å²) >= 11 is 1.60. The second-order valence-electron chi connectivity index (χ2n) is 5.34. The zero-order chi connectivity index (χ0) is 12.5. The van der Waals surface area contributed by atoms with Crippen LogP contribution in [0.4, 0.5) is 0 Å². The van der Waals surface area contributed by atoms with E-state index in [-0.39, 0.29) is 29.8 Å². The minimum atomic E-state index is 0. The average molecular weight is 375 g/mol. The van der Waals surface area contributed by atoms with Crippen molar-refractivity contribution in [2.24, 2.45) is 0 Å². The number of nitrogens with zero attached hydrogens (tertiary/aromatic N) is 1. The van der Waals surface area contributed by atoms with Gasteiger partial charge >= 0.3 is 0 Å². The van der Waals surface area contributed by atoms with Crippen LogP contribution in [0, 0.1) is 0 Å². The number of fused-ring (bicyclic) bond motifs is 1. The highest BCUT2D eigenvalue weighted by molar-refractivity contribution is 7.20. The van der Waals surface area contributed by atoms with Gasteiger partial charge in [-0.05, 0) is 17.5 Å². The zero-order valence-electron chi connectivity index (χ0n) is 10.9. The van der Waals surface area contributed by atoms with Crippen LogP contribution in [0.2, 0.25) is 0 Å². The highest BCUT2D eigenvalue weighted by atomic mass is 127. The Labute approximate surface area is 129 Å². The van der Waals surface area contributed by atoms with Crippen molar-refractivity contribution in [1.82, 2.24) is 0 Å². The molecule has 18 heavy (non-hydrogen) atoms. The van der Waals surface area contributed by atoms with Crippen LogP contribution in [0.5, 0.6) is 0 Å². The summed E-state index contributed by atoms with van der Waals surface area (Å²) in [5.74, 6) is 0.263. The molecule has 0 radical (unpaired) electrons. The highest BCUT2D eigenvalue weighted by Gasteiger charge is 2.14. The van der Waals surface area contributed by atoms with Gasteiger partial charge in [-0.3, -0.25) is 4.79 Å². The molecule has 0 saturated carbocycles. The van der Waals surface area contributed by atoms with Gasteiger partial charge in [0.2, 0.25) is 0 Å². The first kappa shape index (κ1) is 15.6. The third-order valence-corrected chi connectivity index (χ3v) is 3.87. The first-order chi connectivity index (χ1) is 7.96. The van der Waals surface area contributed by atoms with Gasteiger partial charge in [0.25, 0.3) is 0 Å². The molecule has 2 nitrogen and oxygen atoms in total. The topological polar surface area (TPSA) is 17.1 Å².